The number of nitrogens with zero attached hydrogens (tertiary/aromatic N) is 2. The van der Waals surface area contributed by atoms with Crippen LogP contribution in [0.3, 0.4) is 0 Å². The molecule has 2 rings (SSSR count). The highest BCUT2D eigenvalue weighted by atomic mass is 35.5. The monoisotopic (exact) mass is 285 g/mol. The molecule has 1 saturated carbocycles. The van der Waals surface area contributed by atoms with Crippen LogP contribution in [0, 0.1) is 12.8 Å². The Morgan fingerprint density at radius 3 is 2.63 bits per heavy atom. The van der Waals surface area contributed by atoms with Gasteiger partial charge in [-0.2, -0.15) is 5.10 Å². The highest BCUT2D eigenvalue weighted by Crippen LogP contribution is 2.26. The number of carboxylic acids is 1. The molecule has 104 valence electrons. The van der Waals surface area contributed by atoms with Gasteiger partial charge in [-0.1, -0.05) is 11.6 Å². The van der Waals surface area contributed by atoms with Gasteiger partial charge in [0.2, 0.25) is 0 Å². The van der Waals surface area contributed by atoms with E-state index in [2.05, 4.69) is 10.4 Å². The van der Waals surface area contributed by atoms with Gasteiger partial charge in [0.25, 0.3) is 5.91 Å². The molecule has 1 aliphatic rings. The van der Waals surface area contributed by atoms with Gasteiger partial charge in [-0.25, -0.2) is 0 Å². The first-order chi connectivity index (χ1) is 8.90. The van der Waals surface area contributed by atoms with E-state index in [4.69, 9.17) is 16.7 Å². The molecule has 0 radical (unpaired) electrons. The molecule has 7 heteroatoms. The number of aromatic nitrogens is 2. The van der Waals surface area contributed by atoms with Gasteiger partial charge in [-0.05, 0) is 26.2 Å². The second-order valence-corrected chi connectivity index (χ2v) is 5.25. The Morgan fingerprint density at radius 1 is 1.47 bits per heavy atom. The lowest BCUT2D eigenvalue weighted by atomic mass is 10.1. The molecule has 0 aliphatic heterocycles. The molecule has 6 nitrogen and oxygen atoms in total. The van der Waals surface area contributed by atoms with Gasteiger partial charge in [0, 0.05) is 13.1 Å². The summed E-state index contributed by atoms with van der Waals surface area (Å²) in [5.41, 5.74) is 0.931. The lowest BCUT2D eigenvalue weighted by Crippen LogP contribution is -2.33. The van der Waals surface area contributed by atoms with Crippen LogP contribution in [0.15, 0.2) is 0 Å². The van der Waals surface area contributed by atoms with Crippen LogP contribution in [0.25, 0.3) is 0 Å². The highest BCUT2D eigenvalue weighted by molar-refractivity contribution is 6.33. The number of hydrogen-bond donors (Lipinski definition) is 2. The van der Waals surface area contributed by atoms with Crippen molar-refractivity contribution in [2.24, 2.45) is 13.0 Å². The smallest absolute Gasteiger partial charge is 0.306 e. The summed E-state index contributed by atoms with van der Waals surface area (Å²) in [6.45, 7) is 1.72. The van der Waals surface area contributed by atoms with Gasteiger partial charge in [0.15, 0.2) is 0 Å². The normalized spacial score (nSPS) is 22.5. The topological polar surface area (TPSA) is 84.2 Å². The molecule has 2 atom stereocenters. The fourth-order valence-corrected chi connectivity index (χ4v) is 2.74. The van der Waals surface area contributed by atoms with Crippen LogP contribution < -0.4 is 5.32 Å². The number of carbonyl (C=O) groups is 2. The van der Waals surface area contributed by atoms with Crippen molar-refractivity contribution in [3.63, 3.8) is 0 Å². The number of rotatable bonds is 3. The van der Waals surface area contributed by atoms with Crippen LogP contribution in [0.5, 0.6) is 0 Å². The Kier molecular flexibility index (Phi) is 3.80. The molecule has 1 heterocycles. The van der Waals surface area contributed by atoms with Crippen LogP contribution >= 0.6 is 11.6 Å². The van der Waals surface area contributed by atoms with E-state index in [1.807, 2.05) is 0 Å². The molecule has 1 aromatic rings. The van der Waals surface area contributed by atoms with Crippen molar-refractivity contribution in [1.29, 1.82) is 0 Å². The lowest BCUT2D eigenvalue weighted by molar-refractivity contribution is -0.141. The number of amides is 1. The third kappa shape index (κ3) is 2.73. The van der Waals surface area contributed by atoms with Crippen molar-refractivity contribution in [3.05, 3.63) is 16.4 Å². The van der Waals surface area contributed by atoms with E-state index in [0.717, 1.165) is 0 Å². The van der Waals surface area contributed by atoms with Gasteiger partial charge in [-0.3, -0.25) is 14.3 Å². The molecule has 1 aromatic heterocycles. The lowest BCUT2D eigenvalue weighted by Gasteiger charge is -2.12. The molecule has 0 spiro atoms. The van der Waals surface area contributed by atoms with Gasteiger partial charge in [0.05, 0.1) is 17.2 Å². The predicted molar refractivity (Wildman–Crippen MR) is 69.2 cm³/mol. The highest BCUT2D eigenvalue weighted by Gasteiger charge is 2.31. The van der Waals surface area contributed by atoms with Crippen LogP contribution in [0.2, 0.25) is 5.15 Å². The average molecular weight is 286 g/mol. The Balaban J connectivity index is 2.04. The Bertz CT molecular complexity index is 527. The summed E-state index contributed by atoms with van der Waals surface area (Å²) in [5.74, 6) is -1.45. The summed E-state index contributed by atoms with van der Waals surface area (Å²) >= 11 is 6.02. The van der Waals surface area contributed by atoms with E-state index in [1.165, 1.54) is 4.68 Å². The van der Waals surface area contributed by atoms with Crippen LogP contribution in [-0.4, -0.2) is 32.8 Å². The maximum atomic E-state index is 12.1. The van der Waals surface area contributed by atoms with Gasteiger partial charge in [0.1, 0.15) is 5.15 Å². The predicted octanol–water partition coefficient (Wildman–Crippen LogP) is 1.37. The summed E-state index contributed by atoms with van der Waals surface area (Å²) in [7, 11) is 1.67. The van der Waals surface area contributed by atoms with E-state index in [0.29, 0.717) is 35.7 Å². The number of aliphatic carboxylic acids is 1. The summed E-state index contributed by atoms with van der Waals surface area (Å²) in [5, 5.41) is 16.1. The molecule has 2 N–H and O–H groups in total. The summed E-state index contributed by atoms with van der Waals surface area (Å²) in [4.78, 5) is 23.0. The Labute approximate surface area is 115 Å². The number of nitrogens with one attached hydrogen (secondary N) is 1. The SMILES string of the molecule is Cc1nn(C)c(Cl)c1C(=O)N[C@@H]1CC[C@H](C(=O)O)C1. The zero-order valence-corrected chi connectivity index (χ0v) is 11.6. The van der Waals surface area contributed by atoms with E-state index < -0.39 is 5.97 Å². The Hall–Kier alpha value is -1.56. The maximum Gasteiger partial charge on any atom is 0.306 e. The first kappa shape index (κ1) is 13.9. The average Bonchev–Trinajstić information content (AvgIpc) is 2.85. The minimum absolute atomic E-state index is 0.107. The molecule has 0 saturated heterocycles. The second kappa shape index (κ2) is 5.21. The molecular formula is C12H16ClN3O3. The van der Waals surface area contributed by atoms with Crippen LogP contribution in [-0.2, 0) is 11.8 Å². The minimum atomic E-state index is -0.799. The largest absolute Gasteiger partial charge is 0.481 e. The summed E-state index contributed by atoms with van der Waals surface area (Å²) < 4.78 is 1.44. The van der Waals surface area contributed by atoms with Crippen molar-refractivity contribution in [2.45, 2.75) is 32.2 Å². The molecule has 1 aliphatic carbocycles. The van der Waals surface area contributed by atoms with Crippen molar-refractivity contribution in [2.75, 3.05) is 0 Å². The fourth-order valence-electron chi connectivity index (χ4n) is 2.48. The maximum absolute atomic E-state index is 12.1. The zero-order chi connectivity index (χ0) is 14.2. The van der Waals surface area contributed by atoms with Crippen molar-refractivity contribution < 1.29 is 14.7 Å². The molecule has 0 unspecified atom stereocenters. The number of halogens is 1. The van der Waals surface area contributed by atoms with Crippen LogP contribution in [0.4, 0.5) is 0 Å². The first-order valence-corrected chi connectivity index (χ1v) is 6.50. The van der Waals surface area contributed by atoms with Crippen molar-refractivity contribution in [1.82, 2.24) is 15.1 Å². The first-order valence-electron chi connectivity index (χ1n) is 6.13. The third-order valence-electron chi connectivity index (χ3n) is 3.50. The van der Waals surface area contributed by atoms with E-state index in [9.17, 15) is 9.59 Å². The standard InChI is InChI=1S/C12H16ClN3O3/c1-6-9(10(13)16(2)15-6)11(17)14-8-4-3-7(5-8)12(18)19/h7-8H,3-5H2,1-2H3,(H,14,17)(H,18,19)/t7-,8+/m0/s1. The molecule has 19 heavy (non-hydrogen) atoms. The third-order valence-corrected chi connectivity index (χ3v) is 3.93. The Morgan fingerprint density at radius 2 is 2.16 bits per heavy atom. The van der Waals surface area contributed by atoms with E-state index in [-0.39, 0.29) is 17.9 Å². The van der Waals surface area contributed by atoms with Crippen molar-refractivity contribution in [3.8, 4) is 0 Å². The second-order valence-electron chi connectivity index (χ2n) is 4.89. The van der Waals surface area contributed by atoms with Gasteiger partial charge < -0.3 is 10.4 Å². The van der Waals surface area contributed by atoms with Gasteiger partial charge >= 0.3 is 5.97 Å². The summed E-state index contributed by atoms with van der Waals surface area (Å²) in [6.07, 6.45) is 1.75. The molecular weight excluding hydrogens is 270 g/mol. The fraction of sp³-hybridized carbons (Fsp3) is 0.583. The van der Waals surface area contributed by atoms with E-state index in [1.54, 1.807) is 14.0 Å². The number of aryl methyl sites for hydroxylation is 2. The number of carbonyl (C=O) groups excluding carboxylic acids is 1. The molecule has 0 bridgehead atoms. The minimum Gasteiger partial charge on any atom is -0.481 e. The molecule has 1 amide bonds. The number of hydrogen-bond acceptors (Lipinski definition) is 3. The van der Waals surface area contributed by atoms with Gasteiger partial charge in [-0.15, -0.1) is 0 Å². The quantitative estimate of drug-likeness (QED) is 0.878. The van der Waals surface area contributed by atoms with E-state index >= 15 is 0 Å². The molecule has 1 fully saturated rings. The zero-order valence-electron chi connectivity index (χ0n) is 10.8. The number of carboxylic acid groups (broad SMARTS) is 1. The van der Waals surface area contributed by atoms with Crippen molar-refractivity contribution >= 4 is 23.5 Å². The molecule has 0 aromatic carbocycles. The van der Waals surface area contributed by atoms with Crippen LogP contribution in [0.1, 0.15) is 35.3 Å². The summed E-state index contributed by atoms with van der Waals surface area (Å²) in [6, 6.07) is -0.107.